The molecule has 3 aliphatic rings. The molecular formula is C15H25N5O2S. The summed E-state index contributed by atoms with van der Waals surface area (Å²) in [6.45, 7) is 2.50. The molecule has 0 radical (unpaired) electrons. The monoisotopic (exact) mass is 339 g/mol. The minimum absolute atomic E-state index is 0.152. The zero-order chi connectivity index (χ0) is 15.9. The number of hydrogen-bond acceptors (Lipinski definition) is 5. The summed E-state index contributed by atoms with van der Waals surface area (Å²) in [6.07, 6.45) is 7.55. The van der Waals surface area contributed by atoms with Crippen LogP contribution in [0.3, 0.4) is 0 Å². The molecule has 0 atom stereocenters. The maximum absolute atomic E-state index is 12.5. The number of sulfonamides is 1. The molecule has 7 nitrogen and oxygen atoms in total. The fraction of sp³-hybridized carbons (Fsp3) is 0.867. The van der Waals surface area contributed by atoms with Crippen LogP contribution in [0.15, 0.2) is 0 Å². The molecule has 4 rings (SSSR count). The lowest BCUT2D eigenvalue weighted by Crippen LogP contribution is -2.33. The van der Waals surface area contributed by atoms with Gasteiger partial charge >= 0.3 is 0 Å². The van der Waals surface area contributed by atoms with Crippen molar-refractivity contribution in [3.8, 4) is 0 Å². The van der Waals surface area contributed by atoms with Crippen LogP contribution in [0.4, 0.5) is 0 Å². The minimum atomic E-state index is -3.13. The van der Waals surface area contributed by atoms with Crippen molar-refractivity contribution in [3.63, 3.8) is 0 Å². The van der Waals surface area contributed by atoms with E-state index in [2.05, 4.69) is 20.1 Å². The molecule has 23 heavy (non-hydrogen) atoms. The van der Waals surface area contributed by atoms with Crippen molar-refractivity contribution >= 4 is 10.0 Å². The van der Waals surface area contributed by atoms with Gasteiger partial charge in [0.05, 0.1) is 18.3 Å². The van der Waals surface area contributed by atoms with E-state index in [1.54, 1.807) is 4.31 Å². The zero-order valence-corrected chi connectivity index (χ0v) is 14.3. The van der Waals surface area contributed by atoms with Gasteiger partial charge in [0.2, 0.25) is 10.0 Å². The largest absolute Gasteiger partial charge is 0.313 e. The Morgan fingerprint density at radius 1 is 1.04 bits per heavy atom. The number of nitrogens with one attached hydrogen (secondary N) is 1. The van der Waals surface area contributed by atoms with Gasteiger partial charge in [0.15, 0.2) is 0 Å². The molecule has 0 saturated heterocycles. The first-order valence-corrected chi connectivity index (χ1v) is 10.3. The van der Waals surface area contributed by atoms with Gasteiger partial charge in [-0.3, -0.25) is 0 Å². The zero-order valence-electron chi connectivity index (χ0n) is 13.4. The molecule has 2 fully saturated rings. The lowest BCUT2D eigenvalue weighted by molar-refractivity contribution is 0.404. The Bertz CT molecular complexity index is 661. The van der Waals surface area contributed by atoms with E-state index in [0.717, 1.165) is 44.0 Å². The predicted octanol–water partition coefficient (Wildman–Crippen LogP) is 1.01. The lowest BCUT2D eigenvalue weighted by Gasteiger charge is -2.18. The van der Waals surface area contributed by atoms with Gasteiger partial charge in [0.1, 0.15) is 11.6 Å². The normalized spacial score (nSPS) is 23.8. The van der Waals surface area contributed by atoms with Crippen molar-refractivity contribution in [1.29, 1.82) is 0 Å². The smallest absolute Gasteiger partial charge is 0.217 e. The highest BCUT2D eigenvalue weighted by molar-refractivity contribution is 7.90. The van der Waals surface area contributed by atoms with E-state index < -0.39 is 10.0 Å². The summed E-state index contributed by atoms with van der Waals surface area (Å²) in [4.78, 5) is 0. The Hall–Kier alpha value is -0.990. The summed E-state index contributed by atoms with van der Waals surface area (Å²) in [5, 5.41) is 12.0. The lowest BCUT2D eigenvalue weighted by atomic mass is 10.2. The summed E-state index contributed by atoms with van der Waals surface area (Å²) in [6, 6.07) is 0.598. The number of hydrogen-bond donors (Lipinski definition) is 1. The Morgan fingerprint density at radius 2 is 1.83 bits per heavy atom. The molecule has 8 heteroatoms. The van der Waals surface area contributed by atoms with E-state index >= 15 is 0 Å². The van der Waals surface area contributed by atoms with Gasteiger partial charge in [-0.25, -0.2) is 8.42 Å². The highest BCUT2D eigenvalue weighted by Crippen LogP contribution is 2.32. The summed E-state index contributed by atoms with van der Waals surface area (Å²) < 4.78 is 28.7. The number of aromatic nitrogens is 3. The van der Waals surface area contributed by atoms with Crippen LogP contribution >= 0.6 is 0 Å². The molecule has 1 aromatic rings. The Morgan fingerprint density at radius 3 is 2.57 bits per heavy atom. The van der Waals surface area contributed by atoms with Crippen LogP contribution in [-0.2, 0) is 29.7 Å². The molecule has 0 aromatic carbocycles. The molecule has 2 heterocycles. The maximum Gasteiger partial charge on any atom is 0.217 e. The van der Waals surface area contributed by atoms with Crippen molar-refractivity contribution in [2.45, 2.75) is 75.9 Å². The van der Waals surface area contributed by atoms with Crippen LogP contribution in [0.25, 0.3) is 0 Å². The maximum atomic E-state index is 12.5. The first-order valence-electron chi connectivity index (χ1n) is 8.78. The Kier molecular flexibility index (Phi) is 4.15. The first-order chi connectivity index (χ1) is 11.1. The Labute approximate surface area is 137 Å². The molecule has 2 saturated carbocycles. The third kappa shape index (κ3) is 3.16. The van der Waals surface area contributed by atoms with E-state index in [4.69, 9.17) is 0 Å². The molecule has 0 bridgehead atoms. The molecule has 128 valence electrons. The highest BCUT2D eigenvalue weighted by atomic mass is 32.2. The van der Waals surface area contributed by atoms with Crippen molar-refractivity contribution in [2.75, 3.05) is 6.54 Å². The van der Waals surface area contributed by atoms with Gasteiger partial charge in [-0.1, -0.05) is 12.8 Å². The number of nitrogens with zero attached hydrogens (tertiary/aromatic N) is 4. The molecular weight excluding hydrogens is 314 g/mol. The van der Waals surface area contributed by atoms with Crippen LogP contribution in [0.2, 0.25) is 0 Å². The minimum Gasteiger partial charge on any atom is -0.313 e. The van der Waals surface area contributed by atoms with Gasteiger partial charge in [0.25, 0.3) is 0 Å². The standard InChI is InChI=1S/C15H25N5O2S/c21-23(22,13-6-7-13)19-8-3-9-20-14(17-18-15(20)11-19)10-16-12-4-1-2-5-12/h12-13,16H,1-11H2. The second kappa shape index (κ2) is 6.14. The second-order valence-electron chi connectivity index (χ2n) is 6.98. The molecule has 1 aromatic heterocycles. The van der Waals surface area contributed by atoms with Crippen LogP contribution in [0, 0.1) is 0 Å². The summed E-state index contributed by atoms with van der Waals surface area (Å²) in [7, 11) is -3.13. The second-order valence-corrected chi connectivity index (χ2v) is 9.19. The van der Waals surface area contributed by atoms with Crippen LogP contribution in [-0.4, -0.2) is 45.3 Å². The molecule has 1 N–H and O–H groups in total. The molecule has 0 unspecified atom stereocenters. The van der Waals surface area contributed by atoms with Gasteiger partial charge in [-0.2, -0.15) is 4.31 Å². The van der Waals surface area contributed by atoms with Gasteiger partial charge in [-0.15, -0.1) is 10.2 Å². The third-order valence-corrected chi connectivity index (χ3v) is 7.57. The summed E-state index contributed by atoms with van der Waals surface area (Å²) in [5.74, 6) is 1.73. The molecule has 2 aliphatic carbocycles. The first kappa shape index (κ1) is 15.5. The van der Waals surface area contributed by atoms with Crippen molar-refractivity contribution < 1.29 is 8.42 Å². The summed E-state index contributed by atoms with van der Waals surface area (Å²) in [5.41, 5.74) is 0. The molecule has 0 amide bonds. The van der Waals surface area contributed by atoms with E-state index in [1.165, 1.54) is 25.7 Å². The average molecular weight is 339 g/mol. The van der Waals surface area contributed by atoms with Crippen LogP contribution in [0.5, 0.6) is 0 Å². The quantitative estimate of drug-likeness (QED) is 0.866. The van der Waals surface area contributed by atoms with E-state index in [-0.39, 0.29) is 5.25 Å². The fourth-order valence-electron chi connectivity index (χ4n) is 3.68. The van der Waals surface area contributed by atoms with Crippen LogP contribution < -0.4 is 5.32 Å². The fourth-order valence-corrected chi connectivity index (χ4v) is 5.51. The third-order valence-electron chi connectivity index (χ3n) is 5.22. The van der Waals surface area contributed by atoms with Gasteiger partial charge in [-0.05, 0) is 32.1 Å². The average Bonchev–Trinajstić information content (AvgIpc) is 3.22. The van der Waals surface area contributed by atoms with E-state index in [9.17, 15) is 8.42 Å². The van der Waals surface area contributed by atoms with Gasteiger partial charge in [0, 0.05) is 19.1 Å². The highest BCUT2D eigenvalue weighted by Gasteiger charge is 2.41. The molecule has 0 spiro atoms. The predicted molar refractivity (Wildman–Crippen MR) is 86.1 cm³/mol. The Balaban J connectivity index is 1.46. The topological polar surface area (TPSA) is 80.1 Å². The van der Waals surface area contributed by atoms with Crippen molar-refractivity contribution in [3.05, 3.63) is 11.6 Å². The summed E-state index contributed by atoms with van der Waals surface area (Å²) >= 11 is 0. The van der Waals surface area contributed by atoms with E-state index in [0.29, 0.717) is 19.1 Å². The van der Waals surface area contributed by atoms with Crippen molar-refractivity contribution in [1.82, 2.24) is 24.4 Å². The molecule has 1 aliphatic heterocycles. The SMILES string of the molecule is O=S(=O)(C1CC1)N1CCCn2c(CNC3CCCC3)nnc2C1. The number of fused-ring (bicyclic) bond motifs is 1. The number of rotatable bonds is 5. The van der Waals surface area contributed by atoms with E-state index in [1.807, 2.05) is 0 Å². The van der Waals surface area contributed by atoms with Crippen molar-refractivity contribution in [2.24, 2.45) is 0 Å². The van der Waals surface area contributed by atoms with Crippen LogP contribution in [0.1, 0.15) is 56.6 Å². The van der Waals surface area contributed by atoms with Gasteiger partial charge < -0.3 is 9.88 Å².